The van der Waals surface area contributed by atoms with E-state index in [0.29, 0.717) is 31.9 Å². The highest BCUT2D eigenvalue weighted by Crippen LogP contribution is 2.38. The minimum absolute atomic E-state index is 0.0440. The van der Waals surface area contributed by atoms with Crippen molar-refractivity contribution in [3.8, 4) is 5.75 Å². The summed E-state index contributed by atoms with van der Waals surface area (Å²) in [6.45, 7) is 0.693. The number of aromatic nitrogens is 4. The molecular formula is C20H26FN7O4S. The predicted molar refractivity (Wildman–Crippen MR) is 116 cm³/mol. The molecule has 2 aromatic rings. The molecular weight excluding hydrogens is 453 g/mol. The zero-order valence-electron chi connectivity index (χ0n) is 18.2. The van der Waals surface area contributed by atoms with Crippen LogP contribution in [0.5, 0.6) is 5.75 Å². The zero-order chi connectivity index (χ0) is 23.2. The van der Waals surface area contributed by atoms with Crippen LogP contribution in [0.2, 0.25) is 0 Å². The van der Waals surface area contributed by atoms with E-state index in [2.05, 4.69) is 20.4 Å². The second-order valence-electron chi connectivity index (χ2n) is 8.63. The number of carbonyl (C=O) groups excluding carboxylic acids is 1. The van der Waals surface area contributed by atoms with Crippen LogP contribution in [0.25, 0.3) is 0 Å². The first-order valence-corrected chi connectivity index (χ1v) is 12.5. The van der Waals surface area contributed by atoms with Crippen LogP contribution in [0, 0.1) is 0 Å². The van der Waals surface area contributed by atoms with Crippen LogP contribution in [0.15, 0.2) is 23.5 Å². The second-order valence-corrected chi connectivity index (χ2v) is 10.6. The van der Waals surface area contributed by atoms with E-state index in [9.17, 15) is 17.6 Å². The number of rotatable bonds is 5. The van der Waals surface area contributed by atoms with Gasteiger partial charge in [0.1, 0.15) is 4.90 Å². The van der Waals surface area contributed by atoms with E-state index in [-0.39, 0.29) is 28.5 Å². The van der Waals surface area contributed by atoms with E-state index in [1.54, 1.807) is 7.05 Å². The molecule has 5 rings (SSSR count). The van der Waals surface area contributed by atoms with Gasteiger partial charge in [0, 0.05) is 38.4 Å². The maximum Gasteiger partial charge on any atom is 0.317 e. The fraction of sp³-hybridized carbons (Fsp3) is 0.600. The van der Waals surface area contributed by atoms with Crippen molar-refractivity contribution in [1.29, 1.82) is 0 Å². The number of nitrogens with one attached hydrogen (secondary N) is 1. The van der Waals surface area contributed by atoms with Crippen molar-refractivity contribution in [2.45, 2.75) is 61.9 Å². The third kappa shape index (κ3) is 4.14. The summed E-state index contributed by atoms with van der Waals surface area (Å²) in [4.78, 5) is 22.8. The van der Waals surface area contributed by atoms with Crippen LogP contribution in [0.4, 0.5) is 16.2 Å². The van der Waals surface area contributed by atoms with E-state index in [0.717, 1.165) is 25.7 Å². The molecule has 0 aromatic carbocycles. The van der Waals surface area contributed by atoms with Crippen LogP contribution in [0.1, 0.15) is 38.5 Å². The average Bonchev–Trinajstić information content (AvgIpc) is 3.48. The summed E-state index contributed by atoms with van der Waals surface area (Å²) in [6.07, 6.45) is 6.87. The van der Waals surface area contributed by atoms with E-state index < -0.39 is 22.3 Å². The van der Waals surface area contributed by atoms with Crippen molar-refractivity contribution < 1.29 is 22.3 Å². The molecule has 11 nitrogen and oxygen atoms in total. The molecule has 1 unspecified atom stereocenters. The van der Waals surface area contributed by atoms with Crippen molar-refractivity contribution >= 4 is 27.7 Å². The maximum absolute atomic E-state index is 14.1. The van der Waals surface area contributed by atoms with Gasteiger partial charge in [-0.05, 0) is 25.7 Å². The number of anilines is 2. The van der Waals surface area contributed by atoms with Gasteiger partial charge in [-0.1, -0.05) is 12.8 Å². The summed E-state index contributed by atoms with van der Waals surface area (Å²) < 4.78 is 47.7. The van der Waals surface area contributed by atoms with Crippen LogP contribution >= 0.6 is 0 Å². The van der Waals surface area contributed by atoms with Gasteiger partial charge in [0.15, 0.2) is 11.6 Å². The Morgan fingerprint density at radius 3 is 2.55 bits per heavy atom. The van der Waals surface area contributed by atoms with Gasteiger partial charge >= 0.3 is 12.3 Å². The number of piperidine rings is 1. The van der Waals surface area contributed by atoms with E-state index >= 15 is 0 Å². The number of amides is 1. The summed E-state index contributed by atoms with van der Waals surface area (Å²) >= 11 is 0. The summed E-state index contributed by atoms with van der Waals surface area (Å²) in [6, 6.07) is -0.139. The largest absolute Gasteiger partial charge is 0.446 e. The predicted octanol–water partition coefficient (Wildman–Crippen LogP) is 1.44. The molecule has 2 fully saturated rings. The highest BCUT2D eigenvalue weighted by atomic mass is 32.2. The third-order valence-corrected chi connectivity index (χ3v) is 8.27. The van der Waals surface area contributed by atoms with E-state index in [4.69, 9.17) is 4.74 Å². The molecule has 0 radical (unpaired) electrons. The van der Waals surface area contributed by atoms with Gasteiger partial charge < -0.3 is 10.1 Å². The molecule has 1 saturated heterocycles. The summed E-state index contributed by atoms with van der Waals surface area (Å²) in [7, 11) is -1.91. The summed E-state index contributed by atoms with van der Waals surface area (Å²) in [5.41, 5.74) is 0. The summed E-state index contributed by atoms with van der Waals surface area (Å²) in [5, 5.41) is 7.19. The lowest BCUT2D eigenvalue weighted by atomic mass is 10.1. The van der Waals surface area contributed by atoms with Crippen LogP contribution < -0.4 is 15.0 Å². The zero-order valence-corrected chi connectivity index (χ0v) is 19.0. The maximum atomic E-state index is 14.1. The number of hydrogen-bond donors (Lipinski definition) is 1. The minimum atomic E-state index is -3.58. The topological polar surface area (TPSA) is 123 Å². The number of aryl methyl sites for hydroxylation is 1. The number of hydrogen-bond acceptors (Lipinski definition) is 8. The van der Waals surface area contributed by atoms with Gasteiger partial charge in [0.05, 0.1) is 12.4 Å². The molecule has 1 saturated carbocycles. The van der Waals surface area contributed by atoms with Crippen LogP contribution in [-0.4, -0.2) is 69.9 Å². The molecule has 3 aliphatic rings. The van der Waals surface area contributed by atoms with E-state index in [1.165, 1.54) is 32.5 Å². The Morgan fingerprint density at radius 1 is 1.15 bits per heavy atom. The van der Waals surface area contributed by atoms with Gasteiger partial charge in [0.2, 0.25) is 16.0 Å². The quantitative estimate of drug-likeness (QED) is 0.684. The number of nitrogens with zero attached hydrogens (tertiary/aromatic N) is 6. The Balaban J connectivity index is 1.28. The monoisotopic (exact) mass is 479 g/mol. The summed E-state index contributed by atoms with van der Waals surface area (Å²) in [5.74, 6) is 0.0128. The fourth-order valence-electron chi connectivity index (χ4n) is 4.68. The molecule has 178 valence electrons. The normalized spacial score (nSPS) is 22.9. The Hall–Kier alpha value is -2.80. The van der Waals surface area contributed by atoms with Crippen molar-refractivity contribution in [2.24, 2.45) is 7.05 Å². The van der Waals surface area contributed by atoms with Gasteiger partial charge in [-0.25, -0.2) is 13.4 Å². The molecule has 2 aliphatic heterocycles. The molecule has 1 atom stereocenters. The lowest BCUT2D eigenvalue weighted by Gasteiger charge is -2.34. The molecule has 13 heteroatoms. The molecule has 4 heterocycles. The molecule has 1 amide bonds. The molecule has 1 N–H and O–H groups in total. The number of fused-ring (bicyclic) bond motifs is 1. The van der Waals surface area contributed by atoms with Gasteiger partial charge in [-0.2, -0.15) is 18.8 Å². The molecule has 2 aromatic heterocycles. The van der Waals surface area contributed by atoms with Crippen LogP contribution in [-0.2, 0) is 21.9 Å². The standard InChI is InChI=1S/C20H26FN7O4S/c1-26-12-15(10-23-26)33(30,31)27-8-6-13(7-9-27)24-20-22-11-16-18(25-20)28(14-4-2-3-5-14)19(29)17(21)32-16/h10-14,17H,2-9H2,1H3,(H,22,24,25). The van der Waals surface area contributed by atoms with E-state index in [1.807, 2.05) is 0 Å². The second kappa shape index (κ2) is 8.52. The Bertz CT molecular complexity index is 1140. The SMILES string of the molecule is Cn1cc(S(=O)(=O)N2CCC(Nc3ncc4c(n3)N(C3CCCC3)C(=O)C(F)O4)CC2)cn1. The number of alkyl halides is 1. The lowest BCUT2D eigenvalue weighted by Crippen LogP contribution is -2.49. The van der Waals surface area contributed by atoms with Gasteiger partial charge in [-0.15, -0.1) is 0 Å². The number of ether oxygens (including phenoxy) is 1. The molecule has 0 bridgehead atoms. The smallest absolute Gasteiger partial charge is 0.317 e. The van der Waals surface area contributed by atoms with Crippen molar-refractivity contribution in [3.63, 3.8) is 0 Å². The Labute approximate surface area is 191 Å². The molecule has 0 spiro atoms. The number of halogens is 1. The minimum Gasteiger partial charge on any atom is -0.446 e. The first-order chi connectivity index (χ1) is 15.8. The van der Waals surface area contributed by atoms with Crippen molar-refractivity contribution in [3.05, 3.63) is 18.6 Å². The lowest BCUT2D eigenvalue weighted by molar-refractivity contribution is -0.134. The van der Waals surface area contributed by atoms with Crippen LogP contribution in [0.3, 0.4) is 0 Å². The van der Waals surface area contributed by atoms with Gasteiger partial charge in [0.25, 0.3) is 0 Å². The van der Waals surface area contributed by atoms with Crippen molar-refractivity contribution in [1.82, 2.24) is 24.1 Å². The fourth-order valence-corrected chi connectivity index (χ4v) is 6.14. The Kier molecular flexibility index (Phi) is 5.69. The third-order valence-electron chi connectivity index (χ3n) is 6.42. The first-order valence-electron chi connectivity index (χ1n) is 11.1. The van der Waals surface area contributed by atoms with Gasteiger partial charge in [-0.3, -0.25) is 14.4 Å². The Morgan fingerprint density at radius 2 is 1.88 bits per heavy atom. The molecule has 1 aliphatic carbocycles. The highest BCUT2D eigenvalue weighted by molar-refractivity contribution is 7.89. The number of sulfonamides is 1. The van der Waals surface area contributed by atoms with Crippen molar-refractivity contribution in [2.75, 3.05) is 23.3 Å². The number of carbonyl (C=O) groups is 1. The molecule has 33 heavy (non-hydrogen) atoms. The highest BCUT2D eigenvalue weighted by Gasteiger charge is 2.41. The first kappa shape index (κ1) is 22.0. The average molecular weight is 480 g/mol.